The molecule has 6 heteroatoms. The average molecular weight is 502 g/mol. The monoisotopic (exact) mass is 501 g/mol. The SMILES string of the molecule is O=C(Cc1ccc(OCc2ccccc2)cc1)Nc1ncc(-c2ccc(O)cc2)nc1Cc1ccccc1. The van der Waals surface area contributed by atoms with E-state index >= 15 is 0 Å². The summed E-state index contributed by atoms with van der Waals surface area (Å²) in [4.78, 5) is 22.3. The van der Waals surface area contributed by atoms with Gasteiger partial charge < -0.3 is 15.2 Å². The molecule has 0 atom stereocenters. The predicted octanol–water partition coefficient (Wildman–Crippen LogP) is 6.20. The molecule has 6 nitrogen and oxygen atoms in total. The Morgan fingerprint density at radius 1 is 0.763 bits per heavy atom. The van der Waals surface area contributed by atoms with E-state index in [1.165, 1.54) is 0 Å². The third kappa shape index (κ3) is 6.62. The fourth-order valence-electron chi connectivity index (χ4n) is 4.02. The number of ether oxygens (including phenoxy) is 1. The number of amides is 1. The first-order chi connectivity index (χ1) is 18.6. The highest BCUT2D eigenvalue weighted by molar-refractivity contribution is 5.92. The number of carbonyl (C=O) groups is 1. The zero-order chi connectivity index (χ0) is 26.2. The van der Waals surface area contributed by atoms with E-state index in [1.807, 2.05) is 84.9 Å². The lowest BCUT2D eigenvalue weighted by atomic mass is 10.1. The van der Waals surface area contributed by atoms with Crippen LogP contribution in [0.1, 0.15) is 22.4 Å². The van der Waals surface area contributed by atoms with Gasteiger partial charge in [0.1, 0.15) is 18.1 Å². The Labute approximate surface area is 221 Å². The van der Waals surface area contributed by atoms with E-state index in [0.717, 1.165) is 28.0 Å². The maximum absolute atomic E-state index is 12.9. The number of hydrogen-bond acceptors (Lipinski definition) is 5. The topological polar surface area (TPSA) is 84.3 Å². The van der Waals surface area contributed by atoms with Crippen LogP contribution in [-0.4, -0.2) is 21.0 Å². The van der Waals surface area contributed by atoms with Crippen molar-refractivity contribution < 1.29 is 14.6 Å². The van der Waals surface area contributed by atoms with Gasteiger partial charge in [0.25, 0.3) is 0 Å². The average Bonchev–Trinajstić information content (AvgIpc) is 2.95. The van der Waals surface area contributed by atoms with E-state index < -0.39 is 0 Å². The largest absolute Gasteiger partial charge is 0.508 e. The third-order valence-corrected chi connectivity index (χ3v) is 6.02. The number of carbonyl (C=O) groups excluding carboxylic acids is 1. The standard InChI is InChI=1S/C32H27N3O3/c36-27-15-13-26(14-16-27)30-21-33-32(29(34-30)19-23-7-3-1-4-8-23)35-31(37)20-24-11-17-28(18-12-24)38-22-25-9-5-2-6-10-25/h1-18,21,36H,19-20,22H2,(H,33,35,37). The summed E-state index contributed by atoms with van der Waals surface area (Å²) in [5.41, 5.74) is 5.19. The van der Waals surface area contributed by atoms with Crippen molar-refractivity contribution in [1.29, 1.82) is 0 Å². The quantitative estimate of drug-likeness (QED) is 0.251. The van der Waals surface area contributed by atoms with Crippen molar-refractivity contribution in [2.45, 2.75) is 19.4 Å². The molecule has 0 radical (unpaired) electrons. The summed E-state index contributed by atoms with van der Waals surface area (Å²) in [6.07, 6.45) is 2.35. The van der Waals surface area contributed by atoms with Crippen LogP contribution in [0, 0.1) is 0 Å². The Bertz CT molecular complexity index is 1490. The molecular formula is C32H27N3O3. The Morgan fingerprint density at radius 2 is 1.42 bits per heavy atom. The maximum Gasteiger partial charge on any atom is 0.229 e. The molecule has 38 heavy (non-hydrogen) atoms. The van der Waals surface area contributed by atoms with Crippen molar-refractivity contribution in [3.8, 4) is 22.8 Å². The Balaban J connectivity index is 1.28. The van der Waals surface area contributed by atoms with Crippen molar-refractivity contribution in [3.05, 3.63) is 138 Å². The number of rotatable bonds is 9. The molecule has 4 aromatic carbocycles. The van der Waals surface area contributed by atoms with Gasteiger partial charge in [-0.05, 0) is 53.1 Å². The van der Waals surface area contributed by atoms with E-state index in [9.17, 15) is 9.90 Å². The summed E-state index contributed by atoms with van der Waals surface area (Å²) in [5.74, 6) is 1.19. The first-order valence-corrected chi connectivity index (χ1v) is 12.4. The van der Waals surface area contributed by atoms with E-state index in [2.05, 4.69) is 10.3 Å². The highest BCUT2D eigenvalue weighted by atomic mass is 16.5. The van der Waals surface area contributed by atoms with Crippen molar-refractivity contribution in [2.75, 3.05) is 5.32 Å². The second-order valence-electron chi connectivity index (χ2n) is 8.90. The fraction of sp³-hybridized carbons (Fsp3) is 0.0938. The molecule has 0 unspecified atom stereocenters. The van der Waals surface area contributed by atoms with Crippen molar-refractivity contribution in [2.24, 2.45) is 0 Å². The third-order valence-electron chi connectivity index (χ3n) is 6.02. The molecule has 0 saturated carbocycles. The van der Waals surface area contributed by atoms with Gasteiger partial charge in [0, 0.05) is 12.0 Å². The second-order valence-corrected chi connectivity index (χ2v) is 8.90. The molecule has 1 amide bonds. The Morgan fingerprint density at radius 3 is 2.11 bits per heavy atom. The van der Waals surface area contributed by atoms with Gasteiger partial charge in [0.15, 0.2) is 5.82 Å². The molecule has 5 aromatic rings. The Kier molecular flexibility index (Phi) is 7.70. The molecule has 0 fully saturated rings. The summed E-state index contributed by atoms with van der Waals surface area (Å²) < 4.78 is 5.84. The van der Waals surface area contributed by atoms with Gasteiger partial charge in [0.2, 0.25) is 5.91 Å². The summed E-state index contributed by atoms with van der Waals surface area (Å²) in [6.45, 7) is 0.490. The summed E-state index contributed by atoms with van der Waals surface area (Å²) in [6, 6.07) is 34.2. The summed E-state index contributed by atoms with van der Waals surface area (Å²) in [7, 11) is 0. The molecule has 1 aromatic heterocycles. The fourth-order valence-corrected chi connectivity index (χ4v) is 4.02. The molecule has 0 aliphatic rings. The van der Waals surface area contributed by atoms with Crippen LogP contribution in [0.3, 0.4) is 0 Å². The van der Waals surface area contributed by atoms with Crippen LogP contribution in [0.15, 0.2) is 115 Å². The van der Waals surface area contributed by atoms with Gasteiger partial charge in [-0.1, -0.05) is 72.8 Å². The van der Waals surface area contributed by atoms with Crippen molar-refractivity contribution in [1.82, 2.24) is 9.97 Å². The lowest BCUT2D eigenvalue weighted by molar-refractivity contribution is -0.115. The number of aromatic hydroxyl groups is 1. The van der Waals surface area contributed by atoms with Gasteiger partial charge in [-0.15, -0.1) is 0 Å². The molecule has 0 bridgehead atoms. The highest BCUT2D eigenvalue weighted by Crippen LogP contribution is 2.24. The van der Waals surface area contributed by atoms with Crippen LogP contribution < -0.4 is 10.1 Å². The van der Waals surface area contributed by atoms with Crippen LogP contribution in [0.4, 0.5) is 5.82 Å². The van der Waals surface area contributed by atoms with Gasteiger partial charge in [-0.25, -0.2) is 9.97 Å². The lowest BCUT2D eigenvalue weighted by Crippen LogP contribution is -2.17. The molecule has 2 N–H and O–H groups in total. The van der Waals surface area contributed by atoms with Gasteiger partial charge >= 0.3 is 0 Å². The van der Waals surface area contributed by atoms with Crippen LogP contribution in [0.5, 0.6) is 11.5 Å². The van der Waals surface area contributed by atoms with Gasteiger partial charge in [0.05, 0.1) is 24.0 Å². The minimum Gasteiger partial charge on any atom is -0.508 e. The zero-order valence-electron chi connectivity index (χ0n) is 20.7. The van der Waals surface area contributed by atoms with Crippen LogP contribution in [0.25, 0.3) is 11.3 Å². The maximum atomic E-state index is 12.9. The second kappa shape index (κ2) is 11.8. The van der Waals surface area contributed by atoms with Crippen LogP contribution >= 0.6 is 0 Å². The number of anilines is 1. The van der Waals surface area contributed by atoms with Crippen molar-refractivity contribution in [3.63, 3.8) is 0 Å². The lowest BCUT2D eigenvalue weighted by Gasteiger charge is -2.12. The highest BCUT2D eigenvalue weighted by Gasteiger charge is 2.14. The number of nitrogens with one attached hydrogen (secondary N) is 1. The van der Waals surface area contributed by atoms with Crippen LogP contribution in [0.2, 0.25) is 0 Å². The molecule has 0 aliphatic carbocycles. The molecule has 5 rings (SSSR count). The number of aromatic nitrogens is 2. The smallest absolute Gasteiger partial charge is 0.229 e. The summed E-state index contributed by atoms with van der Waals surface area (Å²) >= 11 is 0. The van der Waals surface area contributed by atoms with E-state index in [1.54, 1.807) is 30.5 Å². The number of hydrogen-bond donors (Lipinski definition) is 2. The normalized spacial score (nSPS) is 10.6. The molecule has 188 valence electrons. The minimum absolute atomic E-state index is 0.177. The van der Waals surface area contributed by atoms with Crippen molar-refractivity contribution >= 4 is 11.7 Å². The predicted molar refractivity (Wildman–Crippen MR) is 148 cm³/mol. The van der Waals surface area contributed by atoms with E-state index in [4.69, 9.17) is 9.72 Å². The number of benzene rings is 4. The molecule has 0 aliphatic heterocycles. The Hall–Kier alpha value is -4.97. The summed E-state index contributed by atoms with van der Waals surface area (Å²) in [5, 5.41) is 12.6. The molecular weight excluding hydrogens is 474 g/mol. The van der Waals surface area contributed by atoms with Gasteiger partial charge in [-0.2, -0.15) is 0 Å². The number of phenolic OH excluding ortho intramolecular Hbond substituents is 1. The van der Waals surface area contributed by atoms with E-state index in [0.29, 0.717) is 30.2 Å². The van der Waals surface area contributed by atoms with E-state index in [-0.39, 0.29) is 18.1 Å². The van der Waals surface area contributed by atoms with Gasteiger partial charge in [-0.3, -0.25) is 4.79 Å². The molecule has 0 saturated heterocycles. The molecule has 1 heterocycles. The van der Waals surface area contributed by atoms with Crippen LogP contribution in [-0.2, 0) is 24.2 Å². The first kappa shape index (κ1) is 24.7. The minimum atomic E-state index is -0.177. The zero-order valence-corrected chi connectivity index (χ0v) is 20.7. The number of phenols is 1. The molecule has 0 spiro atoms. The number of nitrogens with zero attached hydrogens (tertiary/aromatic N) is 2. The first-order valence-electron chi connectivity index (χ1n) is 12.4.